The van der Waals surface area contributed by atoms with Gasteiger partial charge in [-0.2, -0.15) is 4.31 Å². The van der Waals surface area contributed by atoms with Gasteiger partial charge in [0.15, 0.2) is 5.11 Å². The van der Waals surface area contributed by atoms with Gasteiger partial charge in [0.25, 0.3) is 0 Å². The SMILES string of the molecule is CCOc1ccc(S(=O)(=O)N(CC)CC)cc1NC(=S)N[C@@H]1CCCC[C@@H]1C. The van der Waals surface area contributed by atoms with E-state index in [1.807, 2.05) is 20.8 Å². The molecule has 2 N–H and O–H groups in total. The van der Waals surface area contributed by atoms with Crippen molar-refractivity contribution in [2.24, 2.45) is 5.92 Å². The molecule has 0 spiro atoms. The lowest BCUT2D eigenvalue weighted by Gasteiger charge is -2.30. The summed E-state index contributed by atoms with van der Waals surface area (Å²) in [6, 6.07) is 5.22. The fourth-order valence-corrected chi connectivity index (χ4v) is 5.36. The molecule has 2 atom stereocenters. The van der Waals surface area contributed by atoms with E-state index in [0.717, 1.165) is 6.42 Å². The fraction of sp³-hybridized carbons (Fsp3) is 0.650. The lowest BCUT2D eigenvalue weighted by Crippen LogP contribution is -2.43. The number of hydrogen-bond acceptors (Lipinski definition) is 4. The maximum Gasteiger partial charge on any atom is 0.243 e. The average molecular weight is 428 g/mol. The van der Waals surface area contributed by atoms with Gasteiger partial charge in [-0.05, 0) is 56.1 Å². The van der Waals surface area contributed by atoms with Crippen molar-refractivity contribution in [1.29, 1.82) is 0 Å². The van der Waals surface area contributed by atoms with Crippen LogP contribution >= 0.6 is 12.2 Å². The number of ether oxygens (including phenoxy) is 1. The van der Waals surface area contributed by atoms with Crippen LogP contribution < -0.4 is 15.4 Å². The minimum Gasteiger partial charge on any atom is -0.492 e. The summed E-state index contributed by atoms with van der Waals surface area (Å²) in [5, 5.41) is 7.05. The van der Waals surface area contributed by atoms with Crippen molar-refractivity contribution in [1.82, 2.24) is 9.62 Å². The molecule has 0 amide bonds. The molecule has 0 saturated heterocycles. The molecule has 0 radical (unpaired) electrons. The molecule has 1 aromatic rings. The van der Waals surface area contributed by atoms with Crippen LogP contribution in [0.3, 0.4) is 0 Å². The summed E-state index contributed by atoms with van der Waals surface area (Å²) in [6.07, 6.45) is 4.76. The smallest absolute Gasteiger partial charge is 0.243 e. The summed E-state index contributed by atoms with van der Waals surface area (Å²) >= 11 is 5.51. The van der Waals surface area contributed by atoms with Gasteiger partial charge in [0.05, 0.1) is 17.2 Å². The Hall–Kier alpha value is -1.38. The van der Waals surface area contributed by atoms with Crippen molar-refractivity contribution in [2.45, 2.75) is 64.3 Å². The first-order chi connectivity index (χ1) is 13.3. The molecular formula is C20H33N3O3S2. The maximum atomic E-state index is 12.9. The zero-order valence-corrected chi connectivity index (χ0v) is 19.0. The number of rotatable bonds is 8. The number of thiocarbonyl (C=S) groups is 1. The number of nitrogens with one attached hydrogen (secondary N) is 2. The summed E-state index contributed by atoms with van der Waals surface area (Å²) in [4.78, 5) is 0.232. The number of nitrogens with zero attached hydrogens (tertiary/aromatic N) is 1. The molecule has 1 aliphatic carbocycles. The molecule has 0 heterocycles. The Balaban J connectivity index is 2.24. The van der Waals surface area contributed by atoms with Gasteiger partial charge >= 0.3 is 0 Å². The van der Waals surface area contributed by atoms with E-state index in [-0.39, 0.29) is 4.90 Å². The average Bonchev–Trinajstić information content (AvgIpc) is 2.66. The van der Waals surface area contributed by atoms with Crippen LogP contribution in [0.4, 0.5) is 5.69 Å². The molecule has 1 aliphatic rings. The highest BCUT2D eigenvalue weighted by molar-refractivity contribution is 7.89. The lowest BCUT2D eigenvalue weighted by atomic mass is 9.86. The molecule has 0 bridgehead atoms. The van der Waals surface area contributed by atoms with Gasteiger partial charge < -0.3 is 15.4 Å². The largest absolute Gasteiger partial charge is 0.492 e. The van der Waals surface area contributed by atoms with Gasteiger partial charge in [0, 0.05) is 19.1 Å². The quantitative estimate of drug-likeness (QED) is 0.612. The third-order valence-electron chi connectivity index (χ3n) is 5.27. The van der Waals surface area contributed by atoms with Crippen LogP contribution in [0, 0.1) is 5.92 Å². The molecule has 6 nitrogen and oxygen atoms in total. The molecule has 1 aromatic carbocycles. The van der Waals surface area contributed by atoms with Crippen LogP contribution in [0.25, 0.3) is 0 Å². The summed E-state index contributed by atoms with van der Waals surface area (Å²) < 4.78 is 32.8. The number of benzene rings is 1. The normalized spacial score (nSPS) is 20.0. The Kier molecular flexibility index (Phi) is 8.52. The first-order valence-corrected chi connectivity index (χ1v) is 12.0. The summed E-state index contributed by atoms with van der Waals surface area (Å²) in [6.45, 7) is 9.13. The molecule has 8 heteroatoms. The molecule has 28 heavy (non-hydrogen) atoms. The van der Waals surface area contributed by atoms with E-state index in [1.54, 1.807) is 18.2 Å². The predicted octanol–water partition coefficient (Wildman–Crippen LogP) is 3.98. The molecule has 158 valence electrons. The fourth-order valence-electron chi connectivity index (χ4n) is 3.62. The Morgan fingerprint density at radius 2 is 1.89 bits per heavy atom. The zero-order chi connectivity index (χ0) is 20.7. The molecule has 0 unspecified atom stereocenters. The lowest BCUT2D eigenvalue weighted by molar-refractivity contribution is 0.309. The second-order valence-electron chi connectivity index (χ2n) is 7.15. The Labute approximate surface area is 175 Å². The Bertz CT molecular complexity index is 764. The Morgan fingerprint density at radius 3 is 2.50 bits per heavy atom. The predicted molar refractivity (Wildman–Crippen MR) is 118 cm³/mol. The zero-order valence-electron chi connectivity index (χ0n) is 17.3. The van der Waals surface area contributed by atoms with Gasteiger partial charge in [-0.25, -0.2) is 8.42 Å². The van der Waals surface area contributed by atoms with Gasteiger partial charge in [0.2, 0.25) is 10.0 Å². The van der Waals surface area contributed by atoms with Crippen molar-refractivity contribution < 1.29 is 13.2 Å². The van der Waals surface area contributed by atoms with E-state index in [9.17, 15) is 8.42 Å². The van der Waals surface area contributed by atoms with Crippen LogP contribution in [-0.4, -0.2) is 43.6 Å². The van der Waals surface area contributed by atoms with E-state index >= 15 is 0 Å². The van der Waals surface area contributed by atoms with Crippen LogP contribution in [0.2, 0.25) is 0 Å². The first kappa shape index (κ1) is 22.9. The minimum atomic E-state index is -3.55. The number of sulfonamides is 1. The van der Waals surface area contributed by atoms with E-state index in [0.29, 0.717) is 48.2 Å². The second-order valence-corrected chi connectivity index (χ2v) is 9.49. The highest BCUT2D eigenvalue weighted by Crippen LogP contribution is 2.30. The van der Waals surface area contributed by atoms with E-state index in [2.05, 4.69) is 17.6 Å². The number of hydrogen-bond donors (Lipinski definition) is 2. The van der Waals surface area contributed by atoms with Gasteiger partial charge in [-0.15, -0.1) is 0 Å². The first-order valence-electron chi connectivity index (χ1n) is 10.2. The van der Waals surface area contributed by atoms with Crippen molar-refractivity contribution >= 4 is 33.0 Å². The summed E-state index contributed by atoms with van der Waals surface area (Å²) in [5.41, 5.74) is 0.566. The monoisotopic (exact) mass is 427 g/mol. The van der Waals surface area contributed by atoms with Crippen molar-refractivity contribution in [3.05, 3.63) is 18.2 Å². The molecule has 1 fully saturated rings. The molecule has 0 aromatic heterocycles. The van der Waals surface area contributed by atoms with Gasteiger partial charge in [-0.3, -0.25) is 0 Å². The molecule has 2 rings (SSSR count). The van der Waals surface area contributed by atoms with Crippen molar-refractivity contribution in [3.8, 4) is 5.75 Å². The highest BCUT2D eigenvalue weighted by atomic mass is 32.2. The van der Waals surface area contributed by atoms with Gasteiger partial charge in [-0.1, -0.05) is 33.6 Å². The van der Waals surface area contributed by atoms with Crippen LogP contribution in [0.15, 0.2) is 23.1 Å². The minimum absolute atomic E-state index is 0.232. The van der Waals surface area contributed by atoms with E-state index < -0.39 is 10.0 Å². The van der Waals surface area contributed by atoms with Gasteiger partial charge in [0.1, 0.15) is 5.75 Å². The molecular weight excluding hydrogens is 394 g/mol. The third kappa shape index (κ3) is 5.58. The van der Waals surface area contributed by atoms with Crippen molar-refractivity contribution in [2.75, 3.05) is 25.0 Å². The number of anilines is 1. The molecule has 1 saturated carbocycles. The highest BCUT2D eigenvalue weighted by Gasteiger charge is 2.24. The topological polar surface area (TPSA) is 70.7 Å². The van der Waals surface area contributed by atoms with E-state index in [4.69, 9.17) is 17.0 Å². The Morgan fingerprint density at radius 1 is 1.21 bits per heavy atom. The molecule has 0 aliphatic heterocycles. The standard InChI is InChI=1S/C20H33N3O3S2/c1-5-23(6-2)28(24,25)16-12-13-19(26-7-3)18(14-16)22-20(27)21-17-11-9-8-10-15(17)4/h12-15,17H,5-11H2,1-4H3,(H2,21,22,27)/t15-,17+/m0/s1. The second kappa shape index (κ2) is 10.4. The summed E-state index contributed by atoms with van der Waals surface area (Å²) in [7, 11) is -3.55. The third-order valence-corrected chi connectivity index (χ3v) is 7.54. The van der Waals surface area contributed by atoms with Crippen LogP contribution in [-0.2, 0) is 10.0 Å². The van der Waals surface area contributed by atoms with E-state index in [1.165, 1.54) is 23.6 Å². The van der Waals surface area contributed by atoms with Crippen LogP contribution in [0.5, 0.6) is 5.75 Å². The van der Waals surface area contributed by atoms with Crippen LogP contribution in [0.1, 0.15) is 53.4 Å². The maximum absolute atomic E-state index is 12.9. The summed E-state index contributed by atoms with van der Waals surface area (Å²) in [5.74, 6) is 1.15. The van der Waals surface area contributed by atoms with Crippen molar-refractivity contribution in [3.63, 3.8) is 0 Å².